The van der Waals surface area contributed by atoms with Crippen molar-refractivity contribution in [2.75, 3.05) is 13.7 Å². The Balaban J connectivity index is 0.00000162. The molecule has 1 heterocycles. The molecule has 0 aromatic heterocycles. The van der Waals surface area contributed by atoms with Crippen molar-refractivity contribution in [3.05, 3.63) is 29.8 Å². The Hall–Kier alpha value is -1.26. The van der Waals surface area contributed by atoms with Crippen LogP contribution in [-0.4, -0.2) is 25.6 Å². The molecule has 0 bridgehead atoms. The van der Waals surface area contributed by atoms with Crippen LogP contribution in [-0.2, 0) is 11.3 Å². The number of nitrogens with one attached hydrogen (secondary N) is 2. The van der Waals surface area contributed by atoms with E-state index in [1.807, 2.05) is 24.3 Å². The molecule has 1 aliphatic heterocycles. The maximum atomic E-state index is 11.7. The van der Waals surface area contributed by atoms with Crippen molar-refractivity contribution in [3.8, 4) is 5.75 Å². The zero-order valence-corrected chi connectivity index (χ0v) is 11.3. The highest BCUT2D eigenvalue weighted by Gasteiger charge is 2.21. The largest absolute Gasteiger partial charge is 0.497 e. The van der Waals surface area contributed by atoms with Crippen LogP contribution in [0.4, 0.5) is 0 Å². The second-order valence-corrected chi connectivity index (χ2v) is 4.21. The molecule has 100 valence electrons. The lowest BCUT2D eigenvalue weighted by molar-refractivity contribution is -0.122. The first-order valence-corrected chi connectivity index (χ1v) is 5.93. The van der Waals surface area contributed by atoms with Gasteiger partial charge < -0.3 is 15.4 Å². The van der Waals surface area contributed by atoms with Crippen molar-refractivity contribution in [1.82, 2.24) is 10.6 Å². The summed E-state index contributed by atoms with van der Waals surface area (Å²) in [6.45, 7) is 1.52. The van der Waals surface area contributed by atoms with Crippen molar-refractivity contribution in [2.45, 2.75) is 25.4 Å². The van der Waals surface area contributed by atoms with Crippen LogP contribution in [0.1, 0.15) is 18.4 Å². The topological polar surface area (TPSA) is 50.4 Å². The van der Waals surface area contributed by atoms with Gasteiger partial charge in [-0.25, -0.2) is 0 Å². The molecule has 2 rings (SSSR count). The van der Waals surface area contributed by atoms with Gasteiger partial charge in [-0.1, -0.05) is 12.1 Å². The van der Waals surface area contributed by atoms with Gasteiger partial charge in [0.25, 0.3) is 0 Å². The maximum absolute atomic E-state index is 11.7. The second-order valence-electron chi connectivity index (χ2n) is 4.21. The highest BCUT2D eigenvalue weighted by atomic mass is 35.5. The molecule has 0 saturated carbocycles. The predicted octanol–water partition coefficient (Wildman–Crippen LogP) is 1.49. The van der Waals surface area contributed by atoms with E-state index in [9.17, 15) is 4.79 Å². The van der Waals surface area contributed by atoms with E-state index in [1.165, 1.54) is 0 Å². The summed E-state index contributed by atoms with van der Waals surface area (Å²) in [5.74, 6) is 0.927. The van der Waals surface area contributed by atoms with Gasteiger partial charge in [0.1, 0.15) is 5.75 Å². The van der Waals surface area contributed by atoms with Gasteiger partial charge in [-0.15, -0.1) is 12.4 Å². The number of carbonyl (C=O) groups is 1. The molecule has 1 aromatic rings. The van der Waals surface area contributed by atoms with Gasteiger partial charge in [-0.3, -0.25) is 4.79 Å². The SMILES string of the molecule is COc1ccc(CNC(=O)[C@@H]2CCCN2)cc1.Cl. The number of halogens is 1. The summed E-state index contributed by atoms with van der Waals surface area (Å²) in [7, 11) is 1.64. The van der Waals surface area contributed by atoms with Crippen LogP contribution < -0.4 is 15.4 Å². The lowest BCUT2D eigenvalue weighted by Gasteiger charge is -2.11. The zero-order chi connectivity index (χ0) is 12.1. The molecule has 1 amide bonds. The number of carbonyl (C=O) groups excluding carboxylic acids is 1. The molecule has 1 aliphatic rings. The minimum Gasteiger partial charge on any atom is -0.497 e. The Morgan fingerprint density at radius 1 is 1.44 bits per heavy atom. The molecule has 4 nitrogen and oxygen atoms in total. The second kappa shape index (κ2) is 7.24. The van der Waals surface area contributed by atoms with Gasteiger partial charge in [0, 0.05) is 6.54 Å². The van der Waals surface area contributed by atoms with Crippen molar-refractivity contribution in [1.29, 1.82) is 0 Å². The Labute approximate surface area is 114 Å². The van der Waals surface area contributed by atoms with Crippen molar-refractivity contribution >= 4 is 18.3 Å². The molecule has 1 fully saturated rings. The highest BCUT2D eigenvalue weighted by molar-refractivity contribution is 5.85. The molecule has 0 unspecified atom stereocenters. The minimum atomic E-state index is -0.00625. The summed E-state index contributed by atoms with van der Waals surface area (Å²) in [6.07, 6.45) is 2.02. The number of hydrogen-bond donors (Lipinski definition) is 2. The number of methoxy groups -OCH3 is 1. The Kier molecular flexibility index (Phi) is 5.95. The molecule has 1 atom stereocenters. The summed E-state index contributed by atoms with van der Waals surface area (Å²) >= 11 is 0. The monoisotopic (exact) mass is 270 g/mol. The van der Waals surface area contributed by atoms with E-state index in [4.69, 9.17) is 4.74 Å². The summed E-state index contributed by atoms with van der Waals surface area (Å²) < 4.78 is 5.08. The van der Waals surface area contributed by atoms with Crippen LogP contribution in [0.3, 0.4) is 0 Å². The minimum absolute atomic E-state index is 0. The Bertz CT molecular complexity index is 375. The van der Waals surface area contributed by atoms with Crippen molar-refractivity contribution < 1.29 is 9.53 Å². The molecule has 0 aliphatic carbocycles. The first-order valence-electron chi connectivity index (χ1n) is 5.93. The summed E-state index contributed by atoms with van der Waals surface area (Å²) in [5.41, 5.74) is 1.08. The maximum Gasteiger partial charge on any atom is 0.237 e. The van der Waals surface area contributed by atoms with E-state index in [0.717, 1.165) is 30.7 Å². The molecule has 18 heavy (non-hydrogen) atoms. The molecule has 0 radical (unpaired) electrons. The van der Waals surface area contributed by atoms with E-state index in [-0.39, 0.29) is 24.4 Å². The fourth-order valence-corrected chi connectivity index (χ4v) is 1.96. The Morgan fingerprint density at radius 3 is 2.72 bits per heavy atom. The van der Waals surface area contributed by atoms with Crippen LogP contribution in [0.25, 0.3) is 0 Å². The number of ether oxygens (including phenoxy) is 1. The van der Waals surface area contributed by atoms with Crippen LogP contribution in [0, 0.1) is 0 Å². The number of amides is 1. The number of hydrogen-bond acceptors (Lipinski definition) is 3. The first kappa shape index (κ1) is 14.8. The lowest BCUT2D eigenvalue weighted by atomic mass is 10.2. The molecule has 2 N–H and O–H groups in total. The van der Waals surface area contributed by atoms with Crippen molar-refractivity contribution in [3.63, 3.8) is 0 Å². The van der Waals surface area contributed by atoms with Gasteiger partial charge in [-0.05, 0) is 37.1 Å². The highest BCUT2D eigenvalue weighted by Crippen LogP contribution is 2.11. The number of rotatable bonds is 4. The fourth-order valence-electron chi connectivity index (χ4n) is 1.96. The Morgan fingerprint density at radius 2 is 2.17 bits per heavy atom. The molecule has 1 saturated heterocycles. The molecule has 0 spiro atoms. The third-order valence-corrected chi connectivity index (χ3v) is 3.00. The van der Waals surface area contributed by atoms with Crippen LogP contribution in [0.2, 0.25) is 0 Å². The molecular weight excluding hydrogens is 252 g/mol. The van der Waals surface area contributed by atoms with Crippen LogP contribution >= 0.6 is 12.4 Å². The standard InChI is InChI=1S/C13H18N2O2.ClH/c1-17-11-6-4-10(5-7-11)9-15-13(16)12-3-2-8-14-12;/h4-7,12,14H,2-3,8-9H2,1H3,(H,15,16);1H/t12-;/m0./s1. The number of benzene rings is 1. The van der Waals surface area contributed by atoms with Gasteiger partial charge in [0.2, 0.25) is 5.91 Å². The van der Waals surface area contributed by atoms with E-state index < -0.39 is 0 Å². The van der Waals surface area contributed by atoms with Gasteiger partial charge in [0.15, 0.2) is 0 Å². The third-order valence-electron chi connectivity index (χ3n) is 3.00. The van der Waals surface area contributed by atoms with Crippen LogP contribution in [0.5, 0.6) is 5.75 Å². The van der Waals surface area contributed by atoms with Gasteiger partial charge in [-0.2, -0.15) is 0 Å². The smallest absolute Gasteiger partial charge is 0.237 e. The normalized spacial score (nSPS) is 17.9. The summed E-state index contributed by atoms with van der Waals surface area (Å²) in [5, 5.41) is 6.11. The zero-order valence-electron chi connectivity index (χ0n) is 10.4. The van der Waals surface area contributed by atoms with E-state index >= 15 is 0 Å². The predicted molar refractivity (Wildman–Crippen MR) is 73.1 cm³/mol. The molecule has 5 heteroatoms. The fraction of sp³-hybridized carbons (Fsp3) is 0.462. The average molecular weight is 271 g/mol. The third kappa shape index (κ3) is 3.89. The lowest BCUT2D eigenvalue weighted by Crippen LogP contribution is -2.39. The van der Waals surface area contributed by atoms with E-state index in [0.29, 0.717) is 6.54 Å². The summed E-state index contributed by atoms with van der Waals surface area (Å²) in [6, 6.07) is 7.71. The molecule has 1 aromatic carbocycles. The average Bonchev–Trinajstić information content (AvgIpc) is 2.90. The van der Waals surface area contributed by atoms with E-state index in [2.05, 4.69) is 10.6 Å². The summed E-state index contributed by atoms with van der Waals surface area (Å²) in [4.78, 5) is 11.7. The van der Waals surface area contributed by atoms with Gasteiger partial charge in [0.05, 0.1) is 13.2 Å². The molecular formula is C13H19ClN2O2. The first-order chi connectivity index (χ1) is 8.29. The quantitative estimate of drug-likeness (QED) is 0.872. The van der Waals surface area contributed by atoms with Crippen molar-refractivity contribution in [2.24, 2.45) is 0 Å². The van der Waals surface area contributed by atoms with Gasteiger partial charge >= 0.3 is 0 Å². The van der Waals surface area contributed by atoms with E-state index in [1.54, 1.807) is 7.11 Å². The van der Waals surface area contributed by atoms with Crippen LogP contribution in [0.15, 0.2) is 24.3 Å².